The molecule has 0 saturated carbocycles. The highest BCUT2D eigenvalue weighted by atomic mass is 16.3. The largest absolute Gasteiger partial charge is 0.382 e. The Bertz CT molecular complexity index is 846. The molecule has 0 aliphatic heterocycles. The number of rotatable bonds is 10. The summed E-state index contributed by atoms with van der Waals surface area (Å²) in [6.45, 7) is 8.78. The number of benzene rings is 2. The molecule has 0 bridgehead atoms. The van der Waals surface area contributed by atoms with Gasteiger partial charge in [-0.3, -0.25) is 4.79 Å². The Morgan fingerprint density at radius 2 is 1.55 bits per heavy atom. The fraction of sp³-hybridized carbons (Fsp3) is 0.333. The van der Waals surface area contributed by atoms with Crippen molar-refractivity contribution in [3.63, 3.8) is 0 Å². The topological polar surface area (TPSA) is 86.6 Å². The molecule has 2 aromatic rings. The van der Waals surface area contributed by atoms with Crippen LogP contribution < -0.4 is 5.32 Å². The first-order chi connectivity index (χ1) is 13.6. The van der Waals surface area contributed by atoms with E-state index in [2.05, 4.69) is 11.9 Å². The number of carbonyl (C=O) groups is 2. The summed E-state index contributed by atoms with van der Waals surface area (Å²) in [5.41, 5.74) is 0.482. The molecule has 154 valence electrons. The molecule has 0 aliphatic rings. The molecule has 0 fully saturated rings. The van der Waals surface area contributed by atoms with Crippen LogP contribution in [0.4, 0.5) is 0 Å². The second-order valence-corrected chi connectivity index (χ2v) is 8.03. The monoisotopic (exact) mass is 395 g/mol. The summed E-state index contributed by atoms with van der Waals surface area (Å²) in [5, 5.41) is 23.3. The minimum atomic E-state index is -1.42. The van der Waals surface area contributed by atoms with Crippen molar-refractivity contribution in [1.29, 1.82) is 0 Å². The third kappa shape index (κ3) is 6.19. The Morgan fingerprint density at radius 1 is 1.03 bits per heavy atom. The third-order valence-electron chi connectivity index (χ3n) is 4.66. The van der Waals surface area contributed by atoms with Crippen LogP contribution in [0.15, 0.2) is 61.2 Å². The van der Waals surface area contributed by atoms with Gasteiger partial charge in [0.25, 0.3) is 0 Å². The Hall–Kier alpha value is -2.60. The Morgan fingerprint density at radius 3 is 2.00 bits per heavy atom. The van der Waals surface area contributed by atoms with Crippen LogP contribution in [-0.2, 0) is 11.2 Å². The van der Waals surface area contributed by atoms with Crippen LogP contribution >= 0.6 is 0 Å². The van der Waals surface area contributed by atoms with Crippen molar-refractivity contribution in [2.24, 2.45) is 0 Å². The minimum absolute atomic E-state index is 0.125. The van der Waals surface area contributed by atoms with Gasteiger partial charge in [-0.05, 0) is 37.5 Å². The Labute approximate surface area is 172 Å². The van der Waals surface area contributed by atoms with Crippen molar-refractivity contribution in [3.05, 3.63) is 83.4 Å². The summed E-state index contributed by atoms with van der Waals surface area (Å²) in [4.78, 5) is 23.2. The number of aliphatic hydroxyl groups is 2. The highest BCUT2D eigenvalue weighted by Crippen LogP contribution is 2.25. The van der Waals surface area contributed by atoms with E-state index in [0.29, 0.717) is 18.4 Å². The highest BCUT2D eigenvalue weighted by Gasteiger charge is 2.25. The Balaban J connectivity index is 2.28. The maximum absolute atomic E-state index is 12.2. The van der Waals surface area contributed by atoms with Gasteiger partial charge < -0.3 is 20.3 Å². The molecular formula is C24H29NO4. The van der Waals surface area contributed by atoms with Gasteiger partial charge in [0, 0.05) is 18.5 Å². The Kier molecular flexibility index (Phi) is 7.25. The molecule has 0 amide bonds. The van der Waals surface area contributed by atoms with Gasteiger partial charge in [0.2, 0.25) is 0 Å². The lowest BCUT2D eigenvalue weighted by Crippen LogP contribution is -2.31. The molecule has 2 unspecified atom stereocenters. The maximum atomic E-state index is 12.2. The number of hydrogen-bond acceptors (Lipinski definition) is 5. The number of ketones is 1. The minimum Gasteiger partial charge on any atom is -0.382 e. The van der Waals surface area contributed by atoms with E-state index in [-0.39, 0.29) is 18.2 Å². The lowest BCUT2D eigenvalue weighted by molar-refractivity contribution is -0.122. The lowest BCUT2D eigenvalue weighted by Gasteiger charge is -2.21. The van der Waals surface area contributed by atoms with Crippen molar-refractivity contribution in [3.8, 4) is 0 Å². The first kappa shape index (κ1) is 22.7. The van der Waals surface area contributed by atoms with E-state index in [1.165, 1.54) is 20.8 Å². The van der Waals surface area contributed by atoms with Crippen molar-refractivity contribution in [2.45, 2.75) is 44.4 Å². The molecule has 3 N–H and O–H groups in total. The van der Waals surface area contributed by atoms with Gasteiger partial charge in [0.05, 0.1) is 6.04 Å². The van der Waals surface area contributed by atoms with Gasteiger partial charge in [-0.2, -0.15) is 0 Å². The molecule has 0 aromatic heterocycles. The van der Waals surface area contributed by atoms with Crippen LogP contribution in [0.25, 0.3) is 0 Å². The van der Waals surface area contributed by atoms with Crippen molar-refractivity contribution < 1.29 is 19.8 Å². The van der Waals surface area contributed by atoms with Gasteiger partial charge >= 0.3 is 0 Å². The third-order valence-corrected chi connectivity index (χ3v) is 4.66. The molecule has 2 aromatic carbocycles. The van der Waals surface area contributed by atoms with E-state index in [1.54, 1.807) is 18.2 Å². The molecule has 0 saturated heterocycles. The number of hydrogen-bond donors (Lipinski definition) is 3. The van der Waals surface area contributed by atoms with E-state index in [1.807, 2.05) is 36.4 Å². The summed E-state index contributed by atoms with van der Waals surface area (Å²) in [6, 6.07) is 14.7. The second kappa shape index (κ2) is 9.27. The summed E-state index contributed by atoms with van der Waals surface area (Å²) >= 11 is 0. The average Bonchev–Trinajstić information content (AvgIpc) is 2.68. The van der Waals surface area contributed by atoms with E-state index >= 15 is 0 Å². The SMILES string of the molecule is C=CCNC(c1ccc(CC(C)(O)C=O)cc1)c1ccc(C(=O)C(C)(C)O)cc1. The standard InChI is InChI=1S/C24H29NO4/c1-5-14-25-21(18-8-6-17(7-9-18)15-24(4,29)16-26)19-10-12-20(13-11-19)22(27)23(2,3)28/h5-13,16,21,25,28-29H,1,14-15H2,2-4H3. The van der Waals surface area contributed by atoms with E-state index < -0.39 is 11.2 Å². The molecule has 0 radical (unpaired) electrons. The molecule has 0 heterocycles. The highest BCUT2D eigenvalue weighted by molar-refractivity contribution is 6.01. The van der Waals surface area contributed by atoms with Gasteiger partial charge in [-0.1, -0.05) is 54.6 Å². The molecule has 5 nitrogen and oxygen atoms in total. The van der Waals surface area contributed by atoms with Crippen molar-refractivity contribution in [2.75, 3.05) is 6.54 Å². The van der Waals surface area contributed by atoms with Gasteiger partial charge in [-0.15, -0.1) is 6.58 Å². The molecule has 0 aliphatic carbocycles. The van der Waals surface area contributed by atoms with Crippen LogP contribution in [0.5, 0.6) is 0 Å². The quantitative estimate of drug-likeness (QED) is 0.327. The predicted molar refractivity (Wildman–Crippen MR) is 114 cm³/mol. The molecule has 2 atom stereocenters. The molecule has 5 heteroatoms. The summed E-state index contributed by atoms with van der Waals surface area (Å²) in [7, 11) is 0. The first-order valence-electron chi connectivity index (χ1n) is 9.56. The predicted octanol–water partition coefficient (Wildman–Crippen LogP) is 3.00. The fourth-order valence-corrected chi connectivity index (χ4v) is 3.09. The smallest absolute Gasteiger partial charge is 0.193 e. The first-order valence-corrected chi connectivity index (χ1v) is 9.56. The summed E-state index contributed by atoms with van der Waals surface area (Å²) in [5.74, 6) is -0.328. The van der Waals surface area contributed by atoms with Crippen LogP contribution in [0.1, 0.15) is 53.9 Å². The van der Waals surface area contributed by atoms with Crippen LogP contribution in [-0.4, -0.2) is 40.0 Å². The van der Waals surface area contributed by atoms with Gasteiger partial charge in [0.15, 0.2) is 12.1 Å². The molecule has 29 heavy (non-hydrogen) atoms. The van der Waals surface area contributed by atoms with E-state index in [0.717, 1.165) is 16.7 Å². The van der Waals surface area contributed by atoms with Gasteiger partial charge in [-0.25, -0.2) is 0 Å². The molecule has 0 spiro atoms. The fourth-order valence-electron chi connectivity index (χ4n) is 3.09. The van der Waals surface area contributed by atoms with Crippen LogP contribution in [0.3, 0.4) is 0 Å². The maximum Gasteiger partial charge on any atom is 0.193 e. The zero-order chi connectivity index (χ0) is 21.7. The summed E-state index contributed by atoms with van der Waals surface area (Å²) in [6.07, 6.45) is 2.57. The number of aldehydes is 1. The lowest BCUT2D eigenvalue weighted by atomic mass is 9.92. The number of carbonyl (C=O) groups excluding carboxylic acids is 2. The zero-order valence-electron chi connectivity index (χ0n) is 17.2. The normalized spacial score (nSPS) is 14.7. The molecule has 2 rings (SSSR count). The molecular weight excluding hydrogens is 366 g/mol. The summed E-state index contributed by atoms with van der Waals surface area (Å²) < 4.78 is 0. The zero-order valence-corrected chi connectivity index (χ0v) is 17.2. The van der Waals surface area contributed by atoms with Crippen LogP contribution in [0, 0.1) is 0 Å². The van der Waals surface area contributed by atoms with E-state index in [4.69, 9.17) is 0 Å². The van der Waals surface area contributed by atoms with Crippen molar-refractivity contribution in [1.82, 2.24) is 5.32 Å². The number of Topliss-reactive ketones (excluding diaryl/α,β-unsaturated/α-hetero) is 1. The average molecular weight is 395 g/mol. The second-order valence-electron chi connectivity index (χ2n) is 8.03. The number of nitrogens with one attached hydrogen (secondary N) is 1. The van der Waals surface area contributed by atoms with Crippen LogP contribution in [0.2, 0.25) is 0 Å². The van der Waals surface area contributed by atoms with Gasteiger partial charge in [0.1, 0.15) is 11.2 Å². The van der Waals surface area contributed by atoms with E-state index in [9.17, 15) is 19.8 Å². The van der Waals surface area contributed by atoms with Crippen molar-refractivity contribution >= 4 is 12.1 Å².